The Morgan fingerprint density at radius 3 is 2.60 bits per heavy atom. The van der Waals surface area contributed by atoms with Crippen LogP contribution in [0.1, 0.15) is 42.8 Å². The molecule has 1 aromatic heterocycles. The lowest BCUT2D eigenvalue weighted by Gasteiger charge is -2.35. The highest BCUT2D eigenvalue weighted by atomic mass is 32.1. The monoisotopic (exact) mass is 367 g/mol. The van der Waals surface area contributed by atoms with E-state index in [-0.39, 0.29) is 0 Å². The van der Waals surface area contributed by atoms with Crippen molar-refractivity contribution in [2.75, 3.05) is 32.7 Å². The maximum absolute atomic E-state index is 5.79. The van der Waals surface area contributed by atoms with Crippen molar-refractivity contribution in [2.45, 2.75) is 59.8 Å². The zero-order valence-corrected chi connectivity index (χ0v) is 17.1. The van der Waals surface area contributed by atoms with E-state index in [0.717, 1.165) is 55.8 Å². The molecule has 2 N–H and O–H groups in total. The number of guanidine groups is 1. The standard InChI is InChI=1S/C18H33N5OS/c1-6-19-18(21-10-17-22-15(4)16(5)25-17)20-8-7-9-23-11-13(2)24-14(3)12-23/h13-14H,6-12H2,1-5H3,(H2,19,20,21). The molecule has 1 aromatic rings. The van der Waals surface area contributed by atoms with Crippen molar-refractivity contribution < 1.29 is 4.74 Å². The summed E-state index contributed by atoms with van der Waals surface area (Å²) in [6, 6.07) is 0. The van der Waals surface area contributed by atoms with Gasteiger partial charge in [0.25, 0.3) is 0 Å². The minimum absolute atomic E-state index is 0.334. The van der Waals surface area contributed by atoms with Gasteiger partial charge in [-0.05, 0) is 41.0 Å². The maximum Gasteiger partial charge on any atom is 0.191 e. The molecule has 7 heteroatoms. The maximum atomic E-state index is 5.79. The van der Waals surface area contributed by atoms with Gasteiger partial charge in [-0.1, -0.05) is 0 Å². The van der Waals surface area contributed by atoms with E-state index in [0.29, 0.717) is 18.8 Å². The summed E-state index contributed by atoms with van der Waals surface area (Å²) in [4.78, 5) is 13.0. The Morgan fingerprint density at radius 2 is 2.00 bits per heavy atom. The van der Waals surface area contributed by atoms with Crippen LogP contribution in [-0.2, 0) is 11.3 Å². The molecule has 6 nitrogen and oxygen atoms in total. The van der Waals surface area contributed by atoms with Crippen molar-refractivity contribution in [2.24, 2.45) is 4.99 Å². The summed E-state index contributed by atoms with van der Waals surface area (Å²) >= 11 is 1.73. The van der Waals surface area contributed by atoms with Crippen LogP contribution in [-0.4, -0.2) is 60.8 Å². The second-order valence-corrected chi connectivity index (χ2v) is 8.03. The molecule has 0 amide bonds. The number of morpholine rings is 1. The second kappa shape index (κ2) is 10.1. The molecule has 2 rings (SSSR count). The van der Waals surface area contributed by atoms with Crippen LogP contribution in [0.3, 0.4) is 0 Å². The summed E-state index contributed by atoms with van der Waals surface area (Å²) in [5.74, 6) is 0.872. The summed E-state index contributed by atoms with van der Waals surface area (Å²) < 4.78 is 5.79. The molecule has 0 spiro atoms. The fraction of sp³-hybridized carbons (Fsp3) is 0.778. The molecule has 1 fully saturated rings. The van der Waals surface area contributed by atoms with Gasteiger partial charge in [0.15, 0.2) is 5.96 Å². The Labute approximate surface area is 156 Å². The first-order valence-electron chi connectivity index (χ1n) is 9.30. The number of nitrogens with zero attached hydrogens (tertiary/aromatic N) is 3. The van der Waals surface area contributed by atoms with Crippen LogP contribution in [0.5, 0.6) is 0 Å². The summed E-state index contributed by atoms with van der Waals surface area (Å²) in [6.07, 6.45) is 1.76. The number of ether oxygens (including phenoxy) is 1. The molecule has 2 heterocycles. The van der Waals surface area contributed by atoms with Crippen LogP contribution in [0.4, 0.5) is 0 Å². The van der Waals surface area contributed by atoms with E-state index in [1.165, 1.54) is 4.88 Å². The lowest BCUT2D eigenvalue weighted by molar-refractivity contribution is -0.0679. The SMILES string of the molecule is CCNC(=NCc1nc(C)c(C)s1)NCCCN1CC(C)OC(C)C1. The molecule has 1 aliphatic rings. The summed E-state index contributed by atoms with van der Waals surface area (Å²) in [5, 5.41) is 7.81. The largest absolute Gasteiger partial charge is 0.373 e. The molecule has 0 saturated carbocycles. The Hall–Kier alpha value is -1.18. The van der Waals surface area contributed by atoms with Crippen molar-refractivity contribution in [3.05, 3.63) is 15.6 Å². The van der Waals surface area contributed by atoms with Gasteiger partial charge in [-0.15, -0.1) is 11.3 Å². The highest BCUT2D eigenvalue weighted by Gasteiger charge is 2.21. The molecular weight excluding hydrogens is 334 g/mol. The van der Waals surface area contributed by atoms with E-state index in [9.17, 15) is 0 Å². The molecule has 2 unspecified atom stereocenters. The molecule has 25 heavy (non-hydrogen) atoms. The molecule has 0 bridgehead atoms. The lowest BCUT2D eigenvalue weighted by Crippen LogP contribution is -2.46. The number of nitrogens with one attached hydrogen (secondary N) is 2. The van der Waals surface area contributed by atoms with Crippen molar-refractivity contribution in [3.8, 4) is 0 Å². The smallest absolute Gasteiger partial charge is 0.191 e. The first-order chi connectivity index (χ1) is 12.0. The molecule has 0 aromatic carbocycles. The number of hydrogen-bond acceptors (Lipinski definition) is 5. The van der Waals surface area contributed by atoms with Crippen LogP contribution in [0.2, 0.25) is 0 Å². The van der Waals surface area contributed by atoms with Gasteiger partial charge in [-0.2, -0.15) is 0 Å². The number of aryl methyl sites for hydroxylation is 2. The molecular formula is C18H33N5OS. The normalized spacial score (nSPS) is 22.2. The Balaban J connectivity index is 1.74. The van der Waals surface area contributed by atoms with Crippen LogP contribution >= 0.6 is 11.3 Å². The van der Waals surface area contributed by atoms with Crippen LogP contribution in [0.15, 0.2) is 4.99 Å². The van der Waals surface area contributed by atoms with Gasteiger partial charge in [-0.3, -0.25) is 4.90 Å². The van der Waals surface area contributed by atoms with Gasteiger partial charge in [0.1, 0.15) is 5.01 Å². The predicted molar refractivity (Wildman–Crippen MR) is 105 cm³/mol. The molecule has 2 atom stereocenters. The fourth-order valence-corrected chi connectivity index (χ4v) is 3.93. The number of rotatable bonds is 7. The third-order valence-electron chi connectivity index (χ3n) is 4.23. The van der Waals surface area contributed by atoms with Crippen molar-refractivity contribution in [1.82, 2.24) is 20.5 Å². The van der Waals surface area contributed by atoms with E-state index in [1.54, 1.807) is 11.3 Å². The Kier molecular flexibility index (Phi) is 8.12. The fourth-order valence-electron chi connectivity index (χ4n) is 3.07. The first-order valence-corrected chi connectivity index (χ1v) is 10.1. The third kappa shape index (κ3) is 6.92. The number of hydrogen-bond donors (Lipinski definition) is 2. The molecule has 142 valence electrons. The van der Waals surface area contributed by atoms with Crippen molar-refractivity contribution >= 4 is 17.3 Å². The van der Waals surface area contributed by atoms with E-state index in [1.807, 2.05) is 0 Å². The highest BCUT2D eigenvalue weighted by molar-refractivity contribution is 7.11. The van der Waals surface area contributed by atoms with Gasteiger partial charge in [0.2, 0.25) is 0 Å². The van der Waals surface area contributed by atoms with Gasteiger partial charge in [-0.25, -0.2) is 9.98 Å². The zero-order chi connectivity index (χ0) is 18.2. The van der Waals surface area contributed by atoms with Crippen molar-refractivity contribution in [1.29, 1.82) is 0 Å². The third-order valence-corrected chi connectivity index (χ3v) is 5.29. The minimum Gasteiger partial charge on any atom is -0.373 e. The molecule has 0 radical (unpaired) electrons. The number of thiazole rings is 1. The zero-order valence-electron chi connectivity index (χ0n) is 16.3. The van der Waals surface area contributed by atoms with E-state index in [4.69, 9.17) is 4.74 Å². The number of aliphatic imine (C=N–C) groups is 1. The average molecular weight is 368 g/mol. The topological polar surface area (TPSA) is 61.8 Å². The average Bonchev–Trinajstić information content (AvgIpc) is 2.86. The van der Waals surface area contributed by atoms with Gasteiger partial charge < -0.3 is 15.4 Å². The predicted octanol–water partition coefficient (Wildman–Crippen LogP) is 2.31. The molecule has 1 aliphatic heterocycles. The second-order valence-electron chi connectivity index (χ2n) is 6.74. The Bertz CT molecular complexity index is 530. The van der Waals surface area contributed by atoms with Crippen LogP contribution in [0, 0.1) is 13.8 Å². The van der Waals surface area contributed by atoms with E-state index in [2.05, 4.69) is 60.1 Å². The minimum atomic E-state index is 0.334. The summed E-state index contributed by atoms with van der Waals surface area (Å²) in [5.41, 5.74) is 1.11. The van der Waals surface area contributed by atoms with Gasteiger partial charge in [0.05, 0.1) is 24.4 Å². The molecule has 0 aliphatic carbocycles. The van der Waals surface area contributed by atoms with Crippen LogP contribution in [0.25, 0.3) is 0 Å². The van der Waals surface area contributed by atoms with E-state index >= 15 is 0 Å². The Morgan fingerprint density at radius 1 is 1.28 bits per heavy atom. The van der Waals surface area contributed by atoms with E-state index < -0.39 is 0 Å². The van der Waals surface area contributed by atoms with Crippen LogP contribution < -0.4 is 10.6 Å². The molecule has 1 saturated heterocycles. The first kappa shape index (κ1) is 20.1. The number of aromatic nitrogens is 1. The van der Waals surface area contributed by atoms with Gasteiger partial charge in [0, 0.05) is 37.6 Å². The van der Waals surface area contributed by atoms with Crippen molar-refractivity contribution in [3.63, 3.8) is 0 Å². The quantitative estimate of drug-likeness (QED) is 0.440. The highest BCUT2D eigenvalue weighted by Crippen LogP contribution is 2.16. The summed E-state index contributed by atoms with van der Waals surface area (Å²) in [6.45, 7) is 16.1. The summed E-state index contributed by atoms with van der Waals surface area (Å²) in [7, 11) is 0. The lowest BCUT2D eigenvalue weighted by atomic mass is 10.2. The van der Waals surface area contributed by atoms with Gasteiger partial charge >= 0.3 is 0 Å².